The number of halogens is 1. The number of rotatable bonds is 3. The Morgan fingerprint density at radius 2 is 1.85 bits per heavy atom. The number of fused-ring (bicyclic) bond motifs is 1. The molecule has 5 heteroatoms. The van der Waals surface area contributed by atoms with Crippen LogP contribution in [0.3, 0.4) is 0 Å². The maximum absolute atomic E-state index is 12.8. The van der Waals surface area contributed by atoms with Gasteiger partial charge in [-0.25, -0.2) is 0 Å². The summed E-state index contributed by atoms with van der Waals surface area (Å²) in [5, 5.41) is 11.7. The summed E-state index contributed by atoms with van der Waals surface area (Å²) < 4.78 is 6.67. The lowest BCUT2D eigenvalue weighted by Crippen LogP contribution is -2.42. The number of hydrogen-bond acceptors (Lipinski definition) is 4. The van der Waals surface area contributed by atoms with Crippen LogP contribution in [0.4, 0.5) is 0 Å². The fraction of sp³-hybridized carbons (Fsp3) is 0.318. The van der Waals surface area contributed by atoms with Gasteiger partial charge in [-0.15, -0.1) is 0 Å². The first kappa shape index (κ1) is 18.4. The van der Waals surface area contributed by atoms with Crippen molar-refractivity contribution in [2.45, 2.75) is 31.9 Å². The van der Waals surface area contributed by atoms with E-state index in [-0.39, 0.29) is 5.43 Å². The predicted molar refractivity (Wildman–Crippen MR) is 110 cm³/mol. The fourth-order valence-corrected chi connectivity index (χ4v) is 4.03. The van der Waals surface area contributed by atoms with Gasteiger partial charge in [0.1, 0.15) is 5.58 Å². The molecule has 0 unspecified atom stereocenters. The third-order valence-corrected chi connectivity index (χ3v) is 5.99. The van der Waals surface area contributed by atoms with E-state index in [0.29, 0.717) is 35.9 Å². The van der Waals surface area contributed by atoms with E-state index in [9.17, 15) is 9.90 Å². The fourth-order valence-electron chi connectivity index (χ4n) is 3.76. The summed E-state index contributed by atoms with van der Waals surface area (Å²) in [4.78, 5) is 15.0. The SMILES string of the molecule is Cc1ccc2occ(CN3CCC(O)(c4ccc(Br)cc4)CC3)c(=O)c2c1. The van der Waals surface area contributed by atoms with Crippen LogP contribution < -0.4 is 5.43 Å². The molecule has 1 saturated heterocycles. The van der Waals surface area contributed by atoms with Crippen LogP contribution in [0.1, 0.15) is 29.5 Å². The quantitative estimate of drug-likeness (QED) is 0.674. The molecule has 0 radical (unpaired) electrons. The molecule has 2 heterocycles. The van der Waals surface area contributed by atoms with Gasteiger partial charge in [0.2, 0.25) is 0 Å². The minimum Gasteiger partial charge on any atom is -0.464 e. The molecule has 1 fully saturated rings. The summed E-state index contributed by atoms with van der Waals surface area (Å²) in [6.07, 6.45) is 2.87. The minimum atomic E-state index is -0.803. The molecule has 0 spiro atoms. The molecule has 27 heavy (non-hydrogen) atoms. The second kappa shape index (κ2) is 7.23. The average molecular weight is 428 g/mol. The summed E-state index contributed by atoms with van der Waals surface area (Å²) in [5.41, 5.74) is 2.52. The Morgan fingerprint density at radius 1 is 1.15 bits per heavy atom. The molecular formula is C22H22BrNO3. The van der Waals surface area contributed by atoms with E-state index in [1.807, 2.05) is 49.4 Å². The van der Waals surface area contributed by atoms with Crippen molar-refractivity contribution in [2.24, 2.45) is 0 Å². The number of nitrogens with zero attached hydrogens (tertiary/aromatic N) is 1. The zero-order chi connectivity index (χ0) is 19.0. The van der Waals surface area contributed by atoms with Crippen molar-refractivity contribution in [1.82, 2.24) is 4.90 Å². The standard InChI is InChI=1S/C22H22BrNO3/c1-15-2-7-20-19(12-15)21(25)16(14-27-20)13-24-10-8-22(26,9-11-24)17-3-5-18(23)6-4-17/h2-7,12,14,26H,8-11,13H2,1H3. The summed E-state index contributed by atoms with van der Waals surface area (Å²) in [6, 6.07) is 13.5. The van der Waals surface area contributed by atoms with Crippen molar-refractivity contribution in [2.75, 3.05) is 13.1 Å². The molecule has 0 atom stereocenters. The van der Waals surface area contributed by atoms with Gasteiger partial charge < -0.3 is 9.52 Å². The molecule has 2 aromatic carbocycles. The first-order valence-corrected chi connectivity index (χ1v) is 9.96. The zero-order valence-corrected chi connectivity index (χ0v) is 16.8. The van der Waals surface area contributed by atoms with Crippen molar-refractivity contribution < 1.29 is 9.52 Å². The van der Waals surface area contributed by atoms with Gasteiger partial charge in [0, 0.05) is 29.7 Å². The summed E-state index contributed by atoms with van der Waals surface area (Å²) >= 11 is 3.43. The van der Waals surface area contributed by atoms with E-state index in [0.717, 1.165) is 28.7 Å². The Kier molecular flexibility index (Phi) is 4.93. The molecule has 1 aliphatic rings. The molecule has 1 aromatic heterocycles. The van der Waals surface area contributed by atoms with Crippen molar-refractivity contribution in [3.8, 4) is 0 Å². The highest BCUT2D eigenvalue weighted by Gasteiger charge is 2.34. The predicted octanol–water partition coefficient (Wildman–Crippen LogP) is 4.35. The van der Waals surface area contributed by atoms with Crippen LogP contribution in [0.25, 0.3) is 11.0 Å². The lowest BCUT2D eigenvalue weighted by atomic mass is 9.84. The first-order valence-electron chi connectivity index (χ1n) is 9.16. The van der Waals surface area contributed by atoms with Gasteiger partial charge in [0.25, 0.3) is 0 Å². The van der Waals surface area contributed by atoms with Crippen LogP contribution in [0, 0.1) is 6.92 Å². The van der Waals surface area contributed by atoms with Crippen molar-refractivity contribution >= 4 is 26.9 Å². The van der Waals surface area contributed by atoms with E-state index in [4.69, 9.17) is 4.42 Å². The Labute approximate surface area is 166 Å². The van der Waals surface area contributed by atoms with Gasteiger partial charge in [-0.05, 0) is 49.6 Å². The molecular weight excluding hydrogens is 406 g/mol. The Bertz CT molecular complexity index is 1020. The molecule has 3 aromatic rings. The first-order chi connectivity index (χ1) is 12.9. The third-order valence-electron chi connectivity index (χ3n) is 5.46. The molecule has 1 aliphatic heterocycles. The molecule has 0 aliphatic carbocycles. The molecule has 0 saturated carbocycles. The Hall–Kier alpha value is -1.95. The normalized spacial score (nSPS) is 17.3. The van der Waals surface area contributed by atoms with Crippen molar-refractivity contribution in [3.05, 3.63) is 80.1 Å². The Morgan fingerprint density at radius 3 is 2.56 bits per heavy atom. The van der Waals surface area contributed by atoms with Crippen molar-refractivity contribution in [3.63, 3.8) is 0 Å². The van der Waals surface area contributed by atoms with Gasteiger partial charge >= 0.3 is 0 Å². The molecule has 0 bridgehead atoms. The maximum Gasteiger partial charge on any atom is 0.197 e. The largest absolute Gasteiger partial charge is 0.464 e. The van der Waals surface area contributed by atoms with Gasteiger partial charge in [-0.2, -0.15) is 0 Å². The molecule has 0 amide bonds. The minimum absolute atomic E-state index is 0.0358. The number of piperidine rings is 1. The zero-order valence-electron chi connectivity index (χ0n) is 15.2. The van der Waals surface area contributed by atoms with Crippen LogP contribution in [0.2, 0.25) is 0 Å². The smallest absolute Gasteiger partial charge is 0.197 e. The van der Waals surface area contributed by atoms with E-state index >= 15 is 0 Å². The number of hydrogen-bond donors (Lipinski definition) is 1. The Balaban J connectivity index is 1.49. The van der Waals surface area contributed by atoms with E-state index in [1.54, 1.807) is 6.26 Å². The topological polar surface area (TPSA) is 53.7 Å². The number of benzene rings is 2. The highest BCUT2D eigenvalue weighted by atomic mass is 79.9. The highest BCUT2D eigenvalue weighted by Crippen LogP contribution is 2.33. The van der Waals surface area contributed by atoms with Crippen molar-refractivity contribution in [1.29, 1.82) is 0 Å². The summed E-state index contributed by atoms with van der Waals surface area (Å²) in [7, 11) is 0. The number of aliphatic hydroxyl groups is 1. The van der Waals surface area contributed by atoms with Gasteiger partial charge in [0.05, 0.1) is 17.3 Å². The van der Waals surface area contributed by atoms with E-state index < -0.39 is 5.60 Å². The third kappa shape index (κ3) is 3.72. The number of aryl methyl sites for hydroxylation is 1. The monoisotopic (exact) mass is 427 g/mol. The van der Waals surface area contributed by atoms with E-state index in [2.05, 4.69) is 20.8 Å². The van der Waals surface area contributed by atoms with Crippen LogP contribution in [0.5, 0.6) is 0 Å². The lowest BCUT2D eigenvalue weighted by Gasteiger charge is -2.38. The van der Waals surface area contributed by atoms with Gasteiger partial charge in [-0.3, -0.25) is 9.69 Å². The highest BCUT2D eigenvalue weighted by molar-refractivity contribution is 9.10. The summed E-state index contributed by atoms with van der Waals surface area (Å²) in [6.45, 7) is 3.98. The lowest BCUT2D eigenvalue weighted by molar-refractivity contribution is -0.0278. The number of likely N-dealkylation sites (tertiary alicyclic amines) is 1. The molecule has 4 nitrogen and oxygen atoms in total. The average Bonchev–Trinajstić information content (AvgIpc) is 2.67. The van der Waals surface area contributed by atoms with Crippen LogP contribution >= 0.6 is 15.9 Å². The molecule has 1 N–H and O–H groups in total. The summed E-state index contributed by atoms with van der Waals surface area (Å²) in [5.74, 6) is 0. The second-order valence-corrected chi connectivity index (χ2v) is 8.32. The van der Waals surface area contributed by atoms with Crippen LogP contribution in [0.15, 0.2) is 62.4 Å². The second-order valence-electron chi connectivity index (χ2n) is 7.40. The van der Waals surface area contributed by atoms with Crippen LogP contribution in [-0.4, -0.2) is 23.1 Å². The van der Waals surface area contributed by atoms with Crippen LogP contribution in [-0.2, 0) is 12.1 Å². The van der Waals surface area contributed by atoms with Gasteiger partial charge in [-0.1, -0.05) is 39.7 Å². The molecule has 140 valence electrons. The van der Waals surface area contributed by atoms with E-state index in [1.165, 1.54) is 0 Å². The maximum atomic E-state index is 12.8. The molecule has 4 rings (SSSR count). The van der Waals surface area contributed by atoms with Gasteiger partial charge in [0.15, 0.2) is 5.43 Å².